The van der Waals surface area contributed by atoms with Crippen molar-refractivity contribution in [1.82, 2.24) is 4.90 Å². The molecule has 138 valence electrons. The van der Waals surface area contributed by atoms with E-state index in [2.05, 4.69) is 6.92 Å². The van der Waals surface area contributed by atoms with Crippen molar-refractivity contribution in [3.05, 3.63) is 29.8 Å². The number of ether oxygens (including phenoxy) is 1. The number of likely N-dealkylation sites (tertiary alicyclic amines) is 1. The number of nitrogens with two attached hydrogens (primary N) is 1. The lowest BCUT2D eigenvalue weighted by Gasteiger charge is -2.38. The highest BCUT2D eigenvalue weighted by Crippen LogP contribution is 2.23. The Morgan fingerprint density at radius 2 is 1.96 bits per heavy atom. The molecular formula is C20H30N2O3. The van der Waals surface area contributed by atoms with Crippen LogP contribution in [-0.4, -0.2) is 42.3 Å². The van der Waals surface area contributed by atoms with Gasteiger partial charge in [0.25, 0.3) is 0 Å². The van der Waals surface area contributed by atoms with Gasteiger partial charge in [0.1, 0.15) is 5.75 Å². The average Bonchev–Trinajstić information content (AvgIpc) is 2.64. The molecule has 2 atom stereocenters. The number of hydrogen-bond acceptors (Lipinski definition) is 4. The fraction of sp³-hybridized carbons (Fsp3) is 0.600. The molecule has 2 N–H and O–H groups in total. The van der Waals surface area contributed by atoms with Gasteiger partial charge in [-0.1, -0.05) is 13.8 Å². The Morgan fingerprint density at radius 3 is 2.60 bits per heavy atom. The van der Waals surface area contributed by atoms with Gasteiger partial charge in [0.2, 0.25) is 5.91 Å². The van der Waals surface area contributed by atoms with E-state index in [9.17, 15) is 9.59 Å². The minimum absolute atomic E-state index is 0.00920. The molecule has 0 radical (unpaired) electrons. The zero-order valence-corrected chi connectivity index (χ0v) is 15.4. The molecular weight excluding hydrogens is 316 g/mol. The predicted octanol–water partition coefficient (Wildman–Crippen LogP) is 3.02. The molecule has 1 heterocycles. The lowest BCUT2D eigenvalue weighted by atomic mass is 9.92. The summed E-state index contributed by atoms with van der Waals surface area (Å²) in [6, 6.07) is 7.26. The van der Waals surface area contributed by atoms with E-state index in [1.165, 1.54) is 0 Å². The number of piperidine rings is 1. The van der Waals surface area contributed by atoms with Crippen LogP contribution < -0.4 is 10.5 Å². The van der Waals surface area contributed by atoms with E-state index >= 15 is 0 Å². The Hall–Kier alpha value is -1.88. The largest absolute Gasteiger partial charge is 0.494 e. The van der Waals surface area contributed by atoms with Crippen molar-refractivity contribution >= 4 is 11.7 Å². The fourth-order valence-electron chi connectivity index (χ4n) is 3.27. The molecule has 5 nitrogen and oxygen atoms in total. The van der Waals surface area contributed by atoms with Crippen LogP contribution in [0.15, 0.2) is 24.3 Å². The first kappa shape index (κ1) is 19.4. The number of ketones is 1. The van der Waals surface area contributed by atoms with Crippen molar-refractivity contribution < 1.29 is 14.3 Å². The first-order valence-corrected chi connectivity index (χ1v) is 9.30. The van der Waals surface area contributed by atoms with Gasteiger partial charge in [0.05, 0.1) is 6.61 Å². The van der Waals surface area contributed by atoms with E-state index in [-0.39, 0.29) is 30.6 Å². The molecule has 0 spiro atoms. The third-order valence-electron chi connectivity index (χ3n) is 4.79. The van der Waals surface area contributed by atoms with Crippen LogP contribution in [0.5, 0.6) is 5.75 Å². The van der Waals surface area contributed by atoms with Crippen molar-refractivity contribution in [3.8, 4) is 5.75 Å². The SMILES string of the molecule is CCCOc1ccc(C(=O)CCC(=O)N2CCC(C)CC2CN)cc1. The van der Waals surface area contributed by atoms with Gasteiger partial charge in [-0.2, -0.15) is 0 Å². The molecule has 1 fully saturated rings. The number of rotatable bonds is 8. The number of carbonyl (C=O) groups excluding carboxylic acids is 2. The predicted molar refractivity (Wildman–Crippen MR) is 98.7 cm³/mol. The van der Waals surface area contributed by atoms with E-state index in [1.807, 2.05) is 11.8 Å². The minimum atomic E-state index is -0.00920. The molecule has 1 aromatic carbocycles. The summed E-state index contributed by atoms with van der Waals surface area (Å²) in [4.78, 5) is 26.7. The van der Waals surface area contributed by atoms with E-state index in [0.717, 1.165) is 31.6 Å². The molecule has 0 bridgehead atoms. The maximum absolute atomic E-state index is 12.5. The average molecular weight is 346 g/mol. The first-order valence-electron chi connectivity index (χ1n) is 9.30. The number of amides is 1. The van der Waals surface area contributed by atoms with Gasteiger partial charge in [-0.15, -0.1) is 0 Å². The topological polar surface area (TPSA) is 72.6 Å². The smallest absolute Gasteiger partial charge is 0.223 e. The molecule has 25 heavy (non-hydrogen) atoms. The summed E-state index contributed by atoms with van der Waals surface area (Å²) in [6.45, 7) is 6.15. The second kappa shape index (κ2) is 9.56. The lowest BCUT2D eigenvalue weighted by molar-refractivity contribution is -0.135. The van der Waals surface area contributed by atoms with E-state index in [1.54, 1.807) is 24.3 Å². The third kappa shape index (κ3) is 5.56. The van der Waals surface area contributed by atoms with Gasteiger partial charge in [0.15, 0.2) is 5.78 Å². The van der Waals surface area contributed by atoms with Crippen molar-refractivity contribution in [2.75, 3.05) is 19.7 Å². The second-order valence-corrected chi connectivity index (χ2v) is 6.90. The highest BCUT2D eigenvalue weighted by Gasteiger charge is 2.28. The molecule has 2 rings (SSSR count). The standard InChI is InChI=1S/C20H30N2O3/c1-3-12-25-18-6-4-16(5-7-18)19(23)8-9-20(24)22-11-10-15(2)13-17(22)14-21/h4-7,15,17H,3,8-14,21H2,1-2H3. The van der Waals surface area contributed by atoms with Crippen molar-refractivity contribution in [3.63, 3.8) is 0 Å². The van der Waals surface area contributed by atoms with Crippen LogP contribution in [0.2, 0.25) is 0 Å². The molecule has 5 heteroatoms. The maximum atomic E-state index is 12.5. The van der Waals surface area contributed by atoms with E-state index < -0.39 is 0 Å². The highest BCUT2D eigenvalue weighted by molar-refractivity contribution is 5.98. The summed E-state index contributed by atoms with van der Waals surface area (Å²) in [5.74, 6) is 1.40. The normalized spacial score (nSPS) is 20.4. The number of benzene rings is 1. The maximum Gasteiger partial charge on any atom is 0.223 e. The summed E-state index contributed by atoms with van der Waals surface area (Å²) >= 11 is 0. The molecule has 1 aromatic rings. The fourth-order valence-corrected chi connectivity index (χ4v) is 3.27. The van der Waals surface area contributed by atoms with Crippen LogP contribution >= 0.6 is 0 Å². The quantitative estimate of drug-likeness (QED) is 0.734. The van der Waals surface area contributed by atoms with Crippen LogP contribution in [0.4, 0.5) is 0 Å². The molecule has 1 amide bonds. The van der Waals surface area contributed by atoms with Crippen LogP contribution in [-0.2, 0) is 4.79 Å². The zero-order chi connectivity index (χ0) is 18.2. The van der Waals surface area contributed by atoms with Gasteiger partial charge in [0, 0.05) is 37.5 Å². The summed E-state index contributed by atoms with van der Waals surface area (Å²) in [5, 5.41) is 0. The van der Waals surface area contributed by atoms with Crippen LogP contribution in [0.25, 0.3) is 0 Å². The monoisotopic (exact) mass is 346 g/mol. The Morgan fingerprint density at radius 1 is 1.24 bits per heavy atom. The molecule has 2 unspecified atom stereocenters. The Kier molecular flexibility index (Phi) is 7.44. The van der Waals surface area contributed by atoms with Crippen LogP contribution in [0.1, 0.15) is 56.3 Å². The number of Topliss-reactive ketones (excluding diaryl/α,β-unsaturated/α-hetero) is 1. The van der Waals surface area contributed by atoms with Gasteiger partial charge in [-0.3, -0.25) is 9.59 Å². The summed E-state index contributed by atoms with van der Waals surface area (Å²) in [6.07, 6.45) is 3.39. The molecule has 1 saturated heterocycles. The van der Waals surface area contributed by atoms with E-state index in [4.69, 9.17) is 10.5 Å². The lowest BCUT2D eigenvalue weighted by Crippen LogP contribution is -2.49. The molecule has 1 aliphatic rings. The Balaban J connectivity index is 1.85. The number of carbonyl (C=O) groups is 2. The van der Waals surface area contributed by atoms with Gasteiger partial charge in [-0.05, 0) is 49.4 Å². The first-order chi connectivity index (χ1) is 12.0. The molecule has 0 aliphatic carbocycles. The minimum Gasteiger partial charge on any atom is -0.494 e. The summed E-state index contributed by atoms with van der Waals surface area (Å²) < 4.78 is 5.52. The third-order valence-corrected chi connectivity index (χ3v) is 4.79. The van der Waals surface area contributed by atoms with Crippen molar-refractivity contribution in [2.24, 2.45) is 11.7 Å². The second-order valence-electron chi connectivity index (χ2n) is 6.90. The van der Waals surface area contributed by atoms with E-state index in [0.29, 0.717) is 24.6 Å². The van der Waals surface area contributed by atoms with Crippen molar-refractivity contribution in [2.45, 2.75) is 52.0 Å². The summed E-state index contributed by atoms with van der Waals surface area (Å²) in [7, 11) is 0. The Labute approximate surface area is 150 Å². The van der Waals surface area contributed by atoms with Gasteiger partial charge in [-0.25, -0.2) is 0 Å². The van der Waals surface area contributed by atoms with Crippen LogP contribution in [0.3, 0.4) is 0 Å². The van der Waals surface area contributed by atoms with Crippen molar-refractivity contribution in [1.29, 1.82) is 0 Å². The zero-order valence-electron chi connectivity index (χ0n) is 15.4. The van der Waals surface area contributed by atoms with Gasteiger partial charge < -0.3 is 15.4 Å². The number of hydrogen-bond donors (Lipinski definition) is 1. The number of nitrogens with zero attached hydrogens (tertiary/aromatic N) is 1. The molecule has 0 aromatic heterocycles. The molecule has 0 saturated carbocycles. The summed E-state index contributed by atoms with van der Waals surface area (Å²) in [5.41, 5.74) is 6.44. The van der Waals surface area contributed by atoms with Crippen LogP contribution in [0, 0.1) is 5.92 Å². The highest BCUT2D eigenvalue weighted by atomic mass is 16.5. The van der Waals surface area contributed by atoms with Gasteiger partial charge >= 0.3 is 0 Å². The molecule has 1 aliphatic heterocycles. The Bertz CT molecular complexity index is 571.